The van der Waals surface area contributed by atoms with E-state index >= 15 is 0 Å². The minimum atomic E-state index is -5.08. The number of carboxylic acids is 2. The lowest BCUT2D eigenvalue weighted by molar-refractivity contribution is -0.192. The molecule has 0 heterocycles. The molecule has 0 saturated carbocycles. The highest BCUT2D eigenvalue weighted by atomic mass is 19.4. The van der Waals surface area contributed by atoms with E-state index in [1.807, 2.05) is 24.3 Å². The van der Waals surface area contributed by atoms with Gasteiger partial charge in [-0.1, -0.05) is 48.5 Å². The van der Waals surface area contributed by atoms with E-state index < -0.39 is 36.2 Å². The summed E-state index contributed by atoms with van der Waals surface area (Å²) in [4.78, 5) is 31.8. The van der Waals surface area contributed by atoms with E-state index in [9.17, 15) is 22.8 Å². The van der Waals surface area contributed by atoms with E-state index in [1.54, 1.807) is 0 Å². The molecule has 2 atom stereocenters. The second-order valence-corrected chi connectivity index (χ2v) is 7.64. The van der Waals surface area contributed by atoms with Crippen LogP contribution in [0.4, 0.5) is 13.2 Å². The van der Waals surface area contributed by atoms with Crippen LogP contribution in [0.5, 0.6) is 0 Å². The number of aliphatic carboxylic acids is 2. The van der Waals surface area contributed by atoms with E-state index in [1.165, 1.54) is 11.1 Å². The van der Waals surface area contributed by atoms with Gasteiger partial charge in [-0.25, -0.2) is 4.79 Å². The van der Waals surface area contributed by atoms with E-state index in [0.717, 1.165) is 11.1 Å². The highest BCUT2D eigenvalue weighted by Crippen LogP contribution is 2.44. The number of carbonyl (C=O) groups is 3. The zero-order valence-electron chi connectivity index (χ0n) is 18.0. The van der Waals surface area contributed by atoms with Gasteiger partial charge in [0, 0.05) is 5.92 Å². The Balaban J connectivity index is 0.000000509. The number of esters is 1. The monoisotopic (exact) mass is 482 g/mol. The normalized spacial score (nSPS) is 14.1. The highest BCUT2D eigenvalue weighted by molar-refractivity contribution is 5.79. The fraction of sp³-hybridized carbons (Fsp3) is 0.348. The molecule has 1 aliphatic carbocycles. The van der Waals surface area contributed by atoms with Gasteiger partial charge in [-0.2, -0.15) is 13.2 Å². The van der Waals surface area contributed by atoms with Gasteiger partial charge in [0.25, 0.3) is 0 Å². The first-order chi connectivity index (χ1) is 15.9. The number of fused-ring (bicyclic) bond motifs is 3. The lowest BCUT2D eigenvalue weighted by atomic mass is 9.98. The molecular weight excluding hydrogens is 457 g/mol. The number of nitrogens with two attached hydrogens (primary N) is 2. The number of carboxylic acid groups (broad SMARTS) is 2. The van der Waals surface area contributed by atoms with Crippen molar-refractivity contribution in [1.29, 1.82) is 0 Å². The Labute approximate surface area is 193 Å². The number of halogens is 3. The summed E-state index contributed by atoms with van der Waals surface area (Å²) in [7, 11) is 0. The van der Waals surface area contributed by atoms with Crippen LogP contribution in [-0.2, 0) is 19.1 Å². The Kier molecular flexibility index (Phi) is 9.16. The summed E-state index contributed by atoms with van der Waals surface area (Å²) in [6, 6.07) is 14.5. The molecule has 11 heteroatoms. The molecule has 8 nitrogen and oxygen atoms in total. The van der Waals surface area contributed by atoms with Gasteiger partial charge in [-0.3, -0.25) is 9.59 Å². The summed E-state index contributed by atoms with van der Waals surface area (Å²) in [5.41, 5.74) is 16.0. The lowest BCUT2D eigenvalue weighted by Crippen LogP contribution is -2.34. The van der Waals surface area contributed by atoms with Gasteiger partial charge in [0.2, 0.25) is 0 Å². The lowest BCUT2D eigenvalue weighted by Gasteiger charge is -2.17. The van der Waals surface area contributed by atoms with Crippen LogP contribution < -0.4 is 11.5 Å². The smallest absolute Gasteiger partial charge is 0.480 e. The first-order valence-electron chi connectivity index (χ1n) is 10.3. The number of carbonyl (C=O) groups excluding carboxylic acids is 1. The maximum absolute atomic E-state index is 12.2. The minimum absolute atomic E-state index is 0.00557. The summed E-state index contributed by atoms with van der Waals surface area (Å²) in [5.74, 6) is -4.29. The Morgan fingerprint density at radius 3 is 1.76 bits per heavy atom. The molecular formula is C23H25F3N2O6. The summed E-state index contributed by atoms with van der Waals surface area (Å²) >= 11 is 0. The minimum Gasteiger partial charge on any atom is -0.480 e. The van der Waals surface area contributed by atoms with Crippen molar-refractivity contribution < 1.29 is 42.5 Å². The van der Waals surface area contributed by atoms with Crippen molar-refractivity contribution in [2.24, 2.45) is 11.5 Å². The van der Waals surface area contributed by atoms with Crippen molar-refractivity contribution in [2.45, 2.75) is 43.4 Å². The molecule has 0 bridgehead atoms. The van der Waals surface area contributed by atoms with Gasteiger partial charge in [0.1, 0.15) is 18.7 Å². The second-order valence-electron chi connectivity index (χ2n) is 7.64. The van der Waals surface area contributed by atoms with Crippen molar-refractivity contribution in [3.05, 3.63) is 59.7 Å². The van der Waals surface area contributed by atoms with Gasteiger partial charge in [0.15, 0.2) is 0 Å². The molecule has 1 unspecified atom stereocenters. The van der Waals surface area contributed by atoms with Crippen LogP contribution in [0.15, 0.2) is 48.5 Å². The highest BCUT2D eigenvalue weighted by Gasteiger charge is 2.38. The number of hydrogen-bond acceptors (Lipinski definition) is 6. The Hall–Kier alpha value is -3.44. The predicted octanol–water partition coefficient (Wildman–Crippen LogP) is 2.88. The zero-order chi connectivity index (χ0) is 25.5. The third-order valence-electron chi connectivity index (χ3n) is 5.25. The van der Waals surface area contributed by atoms with Crippen LogP contribution in [0.2, 0.25) is 0 Å². The summed E-state index contributed by atoms with van der Waals surface area (Å²) in [6.07, 6.45) is -4.00. The molecule has 34 heavy (non-hydrogen) atoms. The molecule has 184 valence electrons. The molecule has 6 N–H and O–H groups in total. The van der Waals surface area contributed by atoms with Crippen LogP contribution in [0, 0.1) is 0 Å². The van der Waals surface area contributed by atoms with Gasteiger partial charge in [-0.05, 0) is 41.5 Å². The molecule has 2 aromatic rings. The molecule has 2 aromatic carbocycles. The third-order valence-corrected chi connectivity index (χ3v) is 5.25. The van der Waals surface area contributed by atoms with E-state index in [-0.39, 0.29) is 18.9 Å². The predicted molar refractivity (Wildman–Crippen MR) is 116 cm³/mol. The van der Waals surface area contributed by atoms with Crippen LogP contribution in [-0.4, -0.2) is 53.0 Å². The number of ether oxygens (including phenoxy) is 1. The molecule has 0 aliphatic heterocycles. The van der Waals surface area contributed by atoms with E-state index in [2.05, 4.69) is 24.3 Å². The molecule has 0 fully saturated rings. The van der Waals surface area contributed by atoms with Crippen molar-refractivity contribution in [2.75, 3.05) is 6.61 Å². The molecule has 0 radical (unpaired) electrons. The topological polar surface area (TPSA) is 153 Å². The Morgan fingerprint density at radius 2 is 1.32 bits per heavy atom. The third kappa shape index (κ3) is 7.03. The first-order valence-corrected chi connectivity index (χ1v) is 10.3. The van der Waals surface area contributed by atoms with Crippen LogP contribution in [0.25, 0.3) is 11.1 Å². The SMILES string of the molecule is NC(CCC[C@H](N)C(=O)O)C(=O)OCC1c2ccccc2-c2ccccc21.O=C(O)C(F)(F)F. The number of benzene rings is 2. The van der Waals surface area contributed by atoms with Crippen molar-refractivity contribution in [1.82, 2.24) is 0 Å². The fourth-order valence-corrected chi connectivity index (χ4v) is 3.51. The van der Waals surface area contributed by atoms with Crippen LogP contribution in [0.1, 0.15) is 36.3 Å². The Morgan fingerprint density at radius 1 is 0.882 bits per heavy atom. The van der Waals surface area contributed by atoms with Crippen LogP contribution >= 0.6 is 0 Å². The quantitative estimate of drug-likeness (QED) is 0.419. The summed E-state index contributed by atoms with van der Waals surface area (Å²) in [6.45, 7) is 0.231. The van der Waals surface area contributed by atoms with E-state index in [0.29, 0.717) is 12.8 Å². The standard InChI is InChI=1S/C21H24N2O4.C2HF3O2/c22-18(20(24)25)10-5-11-19(23)21(26)27-12-17-15-8-3-1-6-13(15)14-7-2-4-9-16(14)17;3-2(4,5)1(6)7/h1-4,6-9,17-19H,5,10-12,22-23H2,(H,24,25);(H,6,7)/t18-,19?;/m0./s1. The Bertz CT molecular complexity index is 982. The first kappa shape index (κ1) is 26.8. The second kappa shape index (κ2) is 11.6. The molecule has 0 amide bonds. The van der Waals surface area contributed by atoms with Crippen molar-refractivity contribution in [3.63, 3.8) is 0 Å². The van der Waals surface area contributed by atoms with Gasteiger partial charge in [-0.15, -0.1) is 0 Å². The molecule has 0 aromatic heterocycles. The molecule has 1 aliphatic rings. The van der Waals surface area contributed by atoms with Gasteiger partial charge in [0.05, 0.1) is 0 Å². The molecule has 3 rings (SSSR count). The largest absolute Gasteiger partial charge is 0.490 e. The average molecular weight is 482 g/mol. The van der Waals surface area contributed by atoms with Crippen LogP contribution in [0.3, 0.4) is 0 Å². The number of hydrogen-bond donors (Lipinski definition) is 4. The van der Waals surface area contributed by atoms with Gasteiger partial charge >= 0.3 is 24.1 Å². The molecule has 0 saturated heterocycles. The van der Waals surface area contributed by atoms with Gasteiger partial charge < -0.3 is 26.4 Å². The van der Waals surface area contributed by atoms with E-state index in [4.69, 9.17) is 31.2 Å². The maximum Gasteiger partial charge on any atom is 0.490 e. The number of alkyl halides is 3. The average Bonchev–Trinajstić information content (AvgIpc) is 3.10. The van der Waals surface area contributed by atoms with Crippen molar-refractivity contribution in [3.8, 4) is 11.1 Å². The summed E-state index contributed by atoms with van der Waals surface area (Å²) in [5, 5.41) is 15.9. The summed E-state index contributed by atoms with van der Waals surface area (Å²) < 4.78 is 37.2. The fourth-order valence-electron chi connectivity index (χ4n) is 3.51. The number of rotatable bonds is 8. The van der Waals surface area contributed by atoms with Crippen molar-refractivity contribution >= 4 is 17.9 Å². The maximum atomic E-state index is 12.2. The zero-order valence-corrected chi connectivity index (χ0v) is 18.0. The molecule has 0 spiro atoms.